The van der Waals surface area contributed by atoms with E-state index >= 15 is 0 Å². The van der Waals surface area contributed by atoms with Gasteiger partial charge < -0.3 is 35.0 Å². The van der Waals surface area contributed by atoms with Gasteiger partial charge in [0.05, 0.1) is 0 Å². The number of hydrogen-bond acceptors (Lipinski definition) is 1. The molecule has 147 valence electrons. The van der Waals surface area contributed by atoms with Gasteiger partial charge in [-0.15, -0.1) is 5.69 Å². The minimum atomic E-state index is -0.281. The minimum Gasteiger partial charge on any atom is -1.00 e. The van der Waals surface area contributed by atoms with Gasteiger partial charge in [0.25, 0.3) is 0 Å². The Hall–Kier alpha value is -1.03. The Balaban J connectivity index is 0.00000243. The molecule has 0 saturated carbocycles. The van der Waals surface area contributed by atoms with Crippen LogP contribution in [0.15, 0.2) is 72.3 Å². The van der Waals surface area contributed by atoms with Crippen LogP contribution in [-0.2, 0) is 27.3 Å². The molecule has 0 N–H and O–H groups in total. The van der Waals surface area contributed by atoms with Crippen LogP contribution in [0.1, 0.15) is 31.4 Å². The number of rotatable bonds is 6. The molecular formula is C23H27Cl2N2Ti. The number of para-hydroxylation sites is 1. The van der Waals surface area contributed by atoms with Crippen LogP contribution in [0, 0.1) is 0 Å². The molecule has 0 unspecified atom stereocenters. The predicted octanol–water partition coefficient (Wildman–Crippen LogP) is -0.0923. The van der Waals surface area contributed by atoms with Crippen molar-refractivity contribution >= 4 is 11.3 Å². The molecule has 0 saturated heterocycles. The Morgan fingerprint density at radius 3 is 2.18 bits per heavy atom. The Morgan fingerprint density at radius 1 is 0.929 bits per heavy atom. The van der Waals surface area contributed by atoms with Gasteiger partial charge >= 0.3 is 21.7 Å². The number of hydrogen-bond donors (Lipinski definition) is 0. The smallest absolute Gasteiger partial charge is 1.00 e. The van der Waals surface area contributed by atoms with Crippen LogP contribution >= 0.6 is 0 Å². The quantitative estimate of drug-likeness (QED) is 0.563. The van der Waals surface area contributed by atoms with Crippen LogP contribution in [0.3, 0.4) is 0 Å². The fourth-order valence-electron chi connectivity index (χ4n) is 3.49. The number of allylic oxidation sites excluding steroid dienone is 2. The van der Waals surface area contributed by atoms with E-state index < -0.39 is 0 Å². The molecule has 1 aliphatic carbocycles. The number of likely N-dealkylation sites (N-methyl/N-ethyl adjacent to an activating group) is 1. The van der Waals surface area contributed by atoms with Gasteiger partial charge in [-0.2, -0.15) is 0 Å². The van der Waals surface area contributed by atoms with E-state index in [9.17, 15) is 0 Å². The second kappa shape index (κ2) is 11.9. The standard InChI is InChI=1S/C23H27N2.2ClH.Ti/c1-23(2,24-19-12-6-5-7-13-19)22-16-9-8-14-21(22)20-15-10-11-18(20)17-25(3)4;;;/h5-14,16H,15,17H2,1-4H3;2*1H;/q-1;;;+3/p-2. The summed E-state index contributed by atoms with van der Waals surface area (Å²) in [5.41, 5.74) is 6.20. The van der Waals surface area contributed by atoms with Crippen LogP contribution in [0.25, 0.3) is 10.9 Å². The Kier molecular flexibility index (Phi) is 11.4. The van der Waals surface area contributed by atoms with E-state index in [2.05, 4.69) is 81.4 Å². The maximum Gasteiger partial charge on any atom is 3.00 e. The zero-order chi connectivity index (χ0) is 17.9. The van der Waals surface area contributed by atoms with Crippen molar-refractivity contribution in [3.8, 4) is 0 Å². The summed E-state index contributed by atoms with van der Waals surface area (Å²) in [7, 11) is 4.24. The van der Waals surface area contributed by atoms with Gasteiger partial charge in [0, 0.05) is 6.54 Å². The normalized spacial score (nSPS) is 12.9. The minimum absolute atomic E-state index is 0. The van der Waals surface area contributed by atoms with Crippen LogP contribution in [0.5, 0.6) is 0 Å². The summed E-state index contributed by atoms with van der Waals surface area (Å²) < 4.78 is 0. The fraction of sp³-hybridized carbons (Fsp3) is 0.304. The molecule has 0 bridgehead atoms. The summed E-state index contributed by atoms with van der Waals surface area (Å²) in [6, 6.07) is 19.0. The molecule has 0 fully saturated rings. The van der Waals surface area contributed by atoms with E-state index in [1.807, 2.05) is 18.2 Å². The molecule has 28 heavy (non-hydrogen) atoms. The molecule has 1 aliphatic rings. The monoisotopic (exact) mass is 449 g/mol. The molecule has 3 rings (SSSR count). The molecule has 2 aromatic carbocycles. The number of halogens is 2. The van der Waals surface area contributed by atoms with E-state index in [0.29, 0.717) is 0 Å². The average Bonchev–Trinajstić information content (AvgIpc) is 3.02. The van der Waals surface area contributed by atoms with Gasteiger partial charge in [0.1, 0.15) is 0 Å². The maximum absolute atomic E-state index is 5.03. The van der Waals surface area contributed by atoms with Gasteiger partial charge in [-0.25, -0.2) is 0 Å². The van der Waals surface area contributed by atoms with Gasteiger partial charge in [-0.05, 0) is 37.2 Å². The molecule has 0 aliphatic heterocycles. The first-order valence-corrected chi connectivity index (χ1v) is 8.88. The third-order valence-corrected chi connectivity index (χ3v) is 4.59. The van der Waals surface area contributed by atoms with E-state index in [4.69, 9.17) is 5.32 Å². The zero-order valence-corrected chi connectivity index (χ0v) is 20.0. The molecule has 0 spiro atoms. The molecular weight excluding hydrogens is 423 g/mol. The van der Waals surface area contributed by atoms with Crippen molar-refractivity contribution in [1.29, 1.82) is 0 Å². The first-order chi connectivity index (χ1) is 12.0. The topological polar surface area (TPSA) is 17.3 Å². The van der Waals surface area contributed by atoms with Crippen LogP contribution in [-0.4, -0.2) is 25.5 Å². The summed E-state index contributed by atoms with van der Waals surface area (Å²) in [4.78, 5) is 2.23. The van der Waals surface area contributed by atoms with Crippen molar-refractivity contribution in [3.05, 3.63) is 88.8 Å². The number of benzene rings is 2. The second-order valence-corrected chi connectivity index (χ2v) is 7.40. The zero-order valence-electron chi connectivity index (χ0n) is 16.9. The van der Waals surface area contributed by atoms with E-state index in [1.165, 1.54) is 22.3 Å². The summed E-state index contributed by atoms with van der Waals surface area (Å²) in [5, 5.41) is 5.03. The van der Waals surface area contributed by atoms with E-state index in [0.717, 1.165) is 18.7 Å². The van der Waals surface area contributed by atoms with Gasteiger partial charge in [-0.1, -0.05) is 91.7 Å². The van der Waals surface area contributed by atoms with Crippen molar-refractivity contribution in [2.24, 2.45) is 0 Å². The third kappa shape index (κ3) is 6.51. The van der Waals surface area contributed by atoms with Crippen molar-refractivity contribution in [2.45, 2.75) is 25.8 Å². The fourth-order valence-corrected chi connectivity index (χ4v) is 3.49. The third-order valence-electron chi connectivity index (χ3n) is 4.59. The second-order valence-electron chi connectivity index (χ2n) is 7.40. The average molecular weight is 450 g/mol. The van der Waals surface area contributed by atoms with Gasteiger partial charge in [0.15, 0.2) is 0 Å². The largest absolute Gasteiger partial charge is 3.00 e. The summed E-state index contributed by atoms with van der Waals surface area (Å²) >= 11 is 0. The van der Waals surface area contributed by atoms with Gasteiger partial charge in [0.2, 0.25) is 0 Å². The molecule has 2 aromatic rings. The Bertz CT molecular complexity index is 799. The van der Waals surface area contributed by atoms with Gasteiger partial charge in [-0.3, -0.25) is 0 Å². The van der Waals surface area contributed by atoms with Crippen molar-refractivity contribution in [2.75, 3.05) is 20.6 Å². The number of nitrogens with zero attached hydrogens (tertiary/aromatic N) is 2. The maximum atomic E-state index is 5.03. The van der Waals surface area contributed by atoms with Crippen LogP contribution in [0.4, 0.5) is 5.69 Å². The SMILES string of the molecule is CN(C)CC1=C(c2ccccc2C(C)(C)[N-]c2ccccc2)CC=C1.[Cl-].[Cl-].[Ti+3]. The van der Waals surface area contributed by atoms with Crippen molar-refractivity contribution in [3.63, 3.8) is 0 Å². The summed E-state index contributed by atoms with van der Waals surface area (Å²) in [5.74, 6) is 0. The Labute approximate surface area is 197 Å². The van der Waals surface area contributed by atoms with Crippen molar-refractivity contribution < 1.29 is 46.5 Å². The molecule has 0 atom stereocenters. The molecule has 0 heterocycles. The molecule has 5 heteroatoms. The summed E-state index contributed by atoms with van der Waals surface area (Å²) in [6.45, 7) is 5.37. The molecule has 0 aromatic heterocycles. The first kappa shape index (κ1) is 27.0. The predicted molar refractivity (Wildman–Crippen MR) is 108 cm³/mol. The van der Waals surface area contributed by atoms with Crippen LogP contribution < -0.4 is 24.8 Å². The van der Waals surface area contributed by atoms with Crippen molar-refractivity contribution in [1.82, 2.24) is 4.90 Å². The van der Waals surface area contributed by atoms with Crippen LogP contribution in [0.2, 0.25) is 0 Å². The summed E-state index contributed by atoms with van der Waals surface area (Å²) in [6.07, 6.45) is 5.54. The molecule has 0 amide bonds. The molecule has 2 nitrogen and oxygen atoms in total. The van der Waals surface area contributed by atoms with E-state index in [-0.39, 0.29) is 52.1 Å². The van der Waals surface area contributed by atoms with E-state index in [1.54, 1.807) is 0 Å². The first-order valence-electron chi connectivity index (χ1n) is 8.88. The Morgan fingerprint density at radius 2 is 1.54 bits per heavy atom. The molecule has 1 radical (unpaired) electrons.